The molecule has 0 saturated heterocycles. The molecule has 0 spiro atoms. The first-order valence-corrected chi connectivity index (χ1v) is 12.5. The maximum absolute atomic E-state index is 13.2. The van der Waals surface area contributed by atoms with Gasteiger partial charge >= 0.3 is 0 Å². The molecule has 136 valence electrons. The number of alkyl halides is 1. The van der Waals surface area contributed by atoms with E-state index in [-0.39, 0.29) is 12.1 Å². The van der Waals surface area contributed by atoms with Crippen molar-refractivity contribution in [1.29, 1.82) is 0 Å². The Balaban J connectivity index is 1.51. The van der Waals surface area contributed by atoms with E-state index in [1.165, 1.54) is 5.56 Å². The third-order valence-electron chi connectivity index (χ3n) is 4.46. The zero-order valence-electron chi connectivity index (χ0n) is 14.2. The van der Waals surface area contributed by atoms with Gasteiger partial charge in [-0.3, -0.25) is 4.39 Å². The van der Waals surface area contributed by atoms with Crippen molar-refractivity contribution in [1.82, 2.24) is 0 Å². The molecular formula is C18H27FIO3P. The van der Waals surface area contributed by atoms with Crippen molar-refractivity contribution in [2.24, 2.45) is 5.41 Å². The monoisotopic (exact) mass is 468 g/mol. The number of hydrogen-bond donors (Lipinski definition) is 0. The molecule has 0 N–H and O–H groups in total. The number of benzene rings is 1. The molecule has 1 aliphatic carbocycles. The van der Waals surface area contributed by atoms with E-state index in [4.69, 9.17) is 14.0 Å². The van der Waals surface area contributed by atoms with Crippen LogP contribution in [0.3, 0.4) is 0 Å². The van der Waals surface area contributed by atoms with Crippen LogP contribution in [0.4, 0.5) is 4.39 Å². The lowest BCUT2D eigenvalue weighted by Crippen LogP contribution is -2.37. The molecule has 2 unspecified atom stereocenters. The Bertz CT molecular complexity index is 459. The molecule has 1 fully saturated rings. The maximum Gasteiger partial charge on any atom is 0.0970 e. The molecule has 1 aliphatic rings. The van der Waals surface area contributed by atoms with Gasteiger partial charge in [0.15, 0.2) is 0 Å². The molecule has 3 nitrogen and oxygen atoms in total. The summed E-state index contributed by atoms with van der Waals surface area (Å²) in [5.74, 6) is 0. The first-order valence-electron chi connectivity index (χ1n) is 8.46. The smallest absolute Gasteiger partial charge is 0.0970 e. The van der Waals surface area contributed by atoms with E-state index < -0.39 is 0 Å². The molecule has 0 radical (unpaired) electrons. The van der Waals surface area contributed by atoms with Crippen LogP contribution < -0.4 is 0 Å². The SMILES string of the molecule is CC(CF)(CCCOC1CC(OCc2ccccc2)C1)COPI. The Morgan fingerprint density at radius 2 is 1.92 bits per heavy atom. The van der Waals surface area contributed by atoms with Crippen molar-refractivity contribution < 1.29 is 18.4 Å². The van der Waals surface area contributed by atoms with Gasteiger partial charge in [-0.05, 0) is 53.3 Å². The van der Waals surface area contributed by atoms with Gasteiger partial charge in [-0.15, -0.1) is 0 Å². The van der Waals surface area contributed by atoms with E-state index >= 15 is 0 Å². The van der Waals surface area contributed by atoms with Crippen LogP contribution in [0.25, 0.3) is 0 Å². The van der Waals surface area contributed by atoms with Crippen molar-refractivity contribution in [3.8, 4) is 0 Å². The van der Waals surface area contributed by atoms with Crippen molar-refractivity contribution >= 4 is 28.5 Å². The molecule has 1 aromatic carbocycles. The van der Waals surface area contributed by atoms with Crippen LogP contribution in [0.1, 0.15) is 38.2 Å². The van der Waals surface area contributed by atoms with E-state index in [2.05, 4.69) is 34.2 Å². The van der Waals surface area contributed by atoms with Gasteiger partial charge in [-0.2, -0.15) is 0 Å². The highest BCUT2D eigenvalue weighted by Crippen LogP contribution is 2.32. The molecule has 1 saturated carbocycles. The highest BCUT2D eigenvalue weighted by molar-refractivity contribution is 14.2. The summed E-state index contributed by atoms with van der Waals surface area (Å²) < 4.78 is 30.3. The van der Waals surface area contributed by atoms with Crippen LogP contribution in [-0.2, 0) is 20.6 Å². The number of ether oxygens (including phenoxy) is 2. The molecule has 0 aromatic heterocycles. The fourth-order valence-corrected chi connectivity index (χ4v) is 3.58. The fraction of sp³-hybridized carbons (Fsp3) is 0.667. The molecule has 6 heteroatoms. The summed E-state index contributed by atoms with van der Waals surface area (Å²) in [6.07, 6.45) is 4.21. The van der Waals surface area contributed by atoms with Gasteiger partial charge in [0.25, 0.3) is 0 Å². The number of hydrogen-bond acceptors (Lipinski definition) is 3. The van der Waals surface area contributed by atoms with Gasteiger partial charge in [-0.25, -0.2) is 0 Å². The predicted molar refractivity (Wildman–Crippen MR) is 106 cm³/mol. The quantitative estimate of drug-likeness (QED) is 0.232. The highest BCUT2D eigenvalue weighted by Gasteiger charge is 2.31. The van der Waals surface area contributed by atoms with Crippen molar-refractivity contribution in [2.45, 2.75) is 51.4 Å². The predicted octanol–water partition coefficient (Wildman–Crippen LogP) is 5.47. The van der Waals surface area contributed by atoms with E-state index in [9.17, 15) is 4.39 Å². The second-order valence-corrected chi connectivity index (χ2v) is 8.56. The van der Waals surface area contributed by atoms with Gasteiger partial charge < -0.3 is 14.0 Å². The van der Waals surface area contributed by atoms with Crippen LogP contribution in [0.15, 0.2) is 30.3 Å². The molecule has 0 heterocycles. The fourth-order valence-electron chi connectivity index (χ4n) is 2.71. The van der Waals surface area contributed by atoms with Crippen LogP contribution in [0, 0.1) is 5.41 Å². The van der Waals surface area contributed by atoms with E-state index in [0.717, 1.165) is 25.7 Å². The Hall–Kier alpha value is 0.190. The Labute approximate surface area is 159 Å². The maximum atomic E-state index is 13.2. The number of rotatable bonds is 12. The Kier molecular flexibility index (Phi) is 9.41. The first kappa shape index (κ1) is 20.5. The van der Waals surface area contributed by atoms with Gasteiger partial charge in [0.1, 0.15) is 0 Å². The van der Waals surface area contributed by atoms with Gasteiger partial charge in [0, 0.05) is 12.0 Å². The van der Waals surface area contributed by atoms with Gasteiger partial charge in [0.05, 0.1) is 38.5 Å². The van der Waals surface area contributed by atoms with Gasteiger partial charge in [-0.1, -0.05) is 37.3 Å². The summed E-state index contributed by atoms with van der Waals surface area (Å²) in [4.78, 5) is 0. The normalized spacial score (nSPS) is 23.3. The molecule has 24 heavy (non-hydrogen) atoms. The summed E-state index contributed by atoms with van der Waals surface area (Å²) in [5.41, 5.74) is 0.837. The Morgan fingerprint density at radius 3 is 2.58 bits per heavy atom. The van der Waals surface area contributed by atoms with E-state index in [1.807, 2.05) is 25.1 Å². The average Bonchev–Trinajstić information content (AvgIpc) is 2.58. The lowest BCUT2D eigenvalue weighted by molar-refractivity contribution is -0.108. The highest BCUT2D eigenvalue weighted by atomic mass is 127. The van der Waals surface area contributed by atoms with Crippen LogP contribution in [0.2, 0.25) is 0 Å². The summed E-state index contributed by atoms with van der Waals surface area (Å²) in [5, 5.41) is 0. The molecule has 0 amide bonds. The van der Waals surface area contributed by atoms with Crippen LogP contribution >= 0.6 is 28.5 Å². The minimum atomic E-state index is -0.373. The Morgan fingerprint density at radius 1 is 1.21 bits per heavy atom. The van der Waals surface area contributed by atoms with Crippen molar-refractivity contribution in [2.75, 3.05) is 19.9 Å². The van der Waals surface area contributed by atoms with Crippen molar-refractivity contribution in [3.63, 3.8) is 0 Å². The second-order valence-electron chi connectivity index (χ2n) is 6.80. The van der Waals surface area contributed by atoms with Crippen LogP contribution in [-0.4, -0.2) is 32.1 Å². The van der Waals surface area contributed by atoms with Gasteiger partial charge in [0.2, 0.25) is 0 Å². The van der Waals surface area contributed by atoms with Crippen LogP contribution in [0.5, 0.6) is 0 Å². The van der Waals surface area contributed by atoms with E-state index in [0.29, 0.717) is 38.5 Å². The topological polar surface area (TPSA) is 27.7 Å². The lowest BCUT2D eigenvalue weighted by atomic mass is 9.88. The van der Waals surface area contributed by atoms with E-state index in [1.54, 1.807) is 0 Å². The zero-order valence-corrected chi connectivity index (χ0v) is 17.3. The average molecular weight is 468 g/mol. The standard InChI is InChI=1S/C18H27FIO3P/c1-18(13-19,14-23-24-20)8-5-9-21-16-10-17(11-16)22-12-15-6-3-2-4-7-15/h2-4,6-7,16-17,24H,5,8-14H2,1H3. The first-order chi connectivity index (χ1) is 11.6. The number of halogens is 2. The summed E-state index contributed by atoms with van der Waals surface area (Å²) in [7, 11) is 0. The molecule has 0 bridgehead atoms. The largest absolute Gasteiger partial charge is 0.378 e. The molecule has 2 rings (SSSR count). The molecule has 1 aromatic rings. The third-order valence-corrected chi connectivity index (χ3v) is 5.64. The molecule has 0 aliphatic heterocycles. The summed E-state index contributed by atoms with van der Waals surface area (Å²) >= 11 is 2.17. The minimum absolute atomic E-state index is 0.300. The van der Waals surface area contributed by atoms with Crippen molar-refractivity contribution in [3.05, 3.63) is 35.9 Å². The summed E-state index contributed by atoms with van der Waals surface area (Å²) in [6, 6.07) is 10.2. The third kappa shape index (κ3) is 7.20. The second kappa shape index (κ2) is 11.0. The molecule has 2 atom stereocenters. The lowest BCUT2D eigenvalue weighted by Gasteiger charge is -2.35. The zero-order chi connectivity index (χ0) is 17.3. The molecular weight excluding hydrogens is 441 g/mol. The summed E-state index contributed by atoms with van der Waals surface area (Å²) in [6.45, 7) is 3.85. The minimum Gasteiger partial charge on any atom is -0.378 e.